The van der Waals surface area contributed by atoms with Gasteiger partial charge in [0.1, 0.15) is 16.5 Å². The van der Waals surface area contributed by atoms with Gasteiger partial charge in [0.25, 0.3) is 11.6 Å². The molecule has 0 saturated heterocycles. The van der Waals surface area contributed by atoms with Crippen molar-refractivity contribution < 1.29 is 9.72 Å². The maximum atomic E-state index is 12.0. The fourth-order valence-electron chi connectivity index (χ4n) is 1.58. The Kier molecular flexibility index (Phi) is 4.11. The number of halogens is 1. The van der Waals surface area contributed by atoms with Crippen molar-refractivity contribution in [2.75, 3.05) is 5.32 Å². The standard InChI is InChI=1S/C13H7ClN4O3/c14-12-3-1-2-10(16-12)13(19)17-9-5-4-8(7-15)6-11(9)18(20)21/h1-6H,(H,17,19). The van der Waals surface area contributed by atoms with Crippen LogP contribution < -0.4 is 5.32 Å². The Morgan fingerprint density at radius 3 is 2.76 bits per heavy atom. The van der Waals surface area contributed by atoms with Crippen molar-refractivity contribution in [2.45, 2.75) is 0 Å². The van der Waals surface area contributed by atoms with E-state index in [-0.39, 0.29) is 27.8 Å². The Bertz CT molecular complexity index is 770. The van der Waals surface area contributed by atoms with Crippen molar-refractivity contribution in [1.82, 2.24) is 4.98 Å². The average molecular weight is 303 g/mol. The Morgan fingerprint density at radius 2 is 2.14 bits per heavy atom. The van der Waals surface area contributed by atoms with E-state index in [1.54, 1.807) is 6.07 Å². The summed E-state index contributed by atoms with van der Waals surface area (Å²) >= 11 is 5.68. The molecule has 8 heteroatoms. The third-order valence-corrected chi connectivity index (χ3v) is 2.73. The lowest BCUT2D eigenvalue weighted by Gasteiger charge is -2.06. The van der Waals surface area contributed by atoms with Gasteiger partial charge in [-0.15, -0.1) is 0 Å². The van der Waals surface area contributed by atoms with Gasteiger partial charge < -0.3 is 5.32 Å². The van der Waals surface area contributed by atoms with E-state index < -0.39 is 10.8 Å². The number of nitro benzene ring substituents is 1. The van der Waals surface area contributed by atoms with Crippen LogP contribution >= 0.6 is 11.6 Å². The molecule has 2 aromatic rings. The quantitative estimate of drug-likeness (QED) is 0.532. The van der Waals surface area contributed by atoms with E-state index in [9.17, 15) is 14.9 Å². The van der Waals surface area contributed by atoms with E-state index in [0.717, 1.165) is 6.07 Å². The minimum absolute atomic E-state index is 0.0224. The van der Waals surface area contributed by atoms with Gasteiger partial charge >= 0.3 is 0 Å². The molecule has 104 valence electrons. The number of amides is 1. The van der Waals surface area contributed by atoms with Crippen LogP contribution in [-0.2, 0) is 0 Å². The average Bonchev–Trinajstić information content (AvgIpc) is 2.47. The first-order valence-corrected chi connectivity index (χ1v) is 6.01. The molecular formula is C13H7ClN4O3. The molecule has 0 unspecified atom stereocenters. The maximum Gasteiger partial charge on any atom is 0.294 e. The third kappa shape index (κ3) is 3.32. The lowest BCUT2D eigenvalue weighted by molar-refractivity contribution is -0.383. The predicted octanol–water partition coefficient (Wildman–Crippen LogP) is 2.77. The fraction of sp³-hybridized carbons (Fsp3) is 0. The van der Waals surface area contributed by atoms with Crippen LogP contribution in [0.25, 0.3) is 0 Å². The summed E-state index contributed by atoms with van der Waals surface area (Å²) in [5, 5.41) is 22.2. The highest BCUT2D eigenvalue weighted by Gasteiger charge is 2.18. The molecule has 1 N–H and O–H groups in total. The van der Waals surface area contributed by atoms with Crippen LogP contribution in [0.4, 0.5) is 11.4 Å². The first kappa shape index (κ1) is 14.4. The van der Waals surface area contributed by atoms with E-state index >= 15 is 0 Å². The van der Waals surface area contributed by atoms with E-state index in [2.05, 4.69) is 10.3 Å². The Balaban J connectivity index is 2.33. The molecule has 0 aliphatic heterocycles. The molecule has 0 aliphatic rings. The van der Waals surface area contributed by atoms with Crippen molar-refractivity contribution in [3.63, 3.8) is 0 Å². The number of nitrogens with one attached hydrogen (secondary N) is 1. The highest BCUT2D eigenvalue weighted by molar-refractivity contribution is 6.29. The molecule has 0 saturated carbocycles. The molecular weight excluding hydrogens is 296 g/mol. The second kappa shape index (κ2) is 5.98. The van der Waals surface area contributed by atoms with Crippen molar-refractivity contribution in [3.05, 3.63) is 62.9 Å². The summed E-state index contributed by atoms with van der Waals surface area (Å²) in [5.74, 6) is -0.634. The van der Waals surface area contributed by atoms with Crippen LogP contribution in [0.15, 0.2) is 36.4 Å². The largest absolute Gasteiger partial charge is 0.315 e. The number of benzene rings is 1. The number of carbonyl (C=O) groups is 1. The normalized spacial score (nSPS) is 9.71. The second-order valence-electron chi connectivity index (χ2n) is 3.90. The smallest absolute Gasteiger partial charge is 0.294 e. The van der Waals surface area contributed by atoms with Crippen LogP contribution in [0.5, 0.6) is 0 Å². The lowest BCUT2D eigenvalue weighted by Crippen LogP contribution is -2.14. The molecule has 0 aliphatic carbocycles. The highest BCUT2D eigenvalue weighted by atomic mass is 35.5. The van der Waals surface area contributed by atoms with Crippen molar-refractivity contribution in [2.24, 2.45) is 0 Å². The highest BCUT2D eigenvalue weighted by Crippen LogP contribution is 2.25. The van der Waals surface area contributed by atoms with Gasteiger partial charge in [-0.05, 0) is 24.3 Å². The Morgan fingerprint density at radius 1 is 1.38 bits per heavy atom. The van der Waals surface area contributed by atoms with E-state index in [1.807, 2.05) is 0 Å². The molecule has 0 radical (unpaired) electrons. The van der Waals surface area contributed by atoms with Crippen molar-refractivity contribution in [3.8, 4) is 6.07 Å². The number of nitriles is 1. The molecule has 7 nitrogen and oxygen atoms in total. The number of pyridine rings is 1. The molecule has 2 rings (SSSR count). The van der Waals surface area contributed by atoms with Gasteiger partial charge in [0.15, 0.2) is 0 Å². The third-order valence-electron chi connectivity index (χ3n) is 2.52. The zero-order valence-corrected chi connectivity index (χ0v) is 11.2. The minimum atomic E-state index is -0.679. The topological polar surface area (TPSA) is 109 Å². The molecule has 1 amide bonds. The zero-order valence-electron chi connectivity index (χ0n) is 10.4. The number of hydrogen-bond acceptors (Lipinski definition) is 5. The SMILES string of the molecule is N#Cc1ccc(NC(=O)c2cccc(Cl)n2)c([N+](=O)[O-])c1. The van der Waals surface area contributed by atoms with Gasteiger partial charge in [-0.25, -0.2) is 4.98 Å². The number of hydrogen-bond donors (Lipinski definition) is 1. The molecule has 1 aromatic heterocycles. The fourth-order valence-corrected chi connectivity index (χ4v) is 1.74. The maximum absolute atomic E-state index is 12.0. The second-order valence-corrected chi connectivity index (χ2v) is 4.29. The van der Waals surface area contributed by atoms with Gasteiger partial charge in [0.05, 0.1) is 16.6 Å². The monoisotopic (exact) mass is 302 g/mol. The molecule has 21 heavy (non-hydrogen) atoms. The van der Waals surface area contributed by atoms with Crippen LogP contribution in [0, 0.1) is 21.4 Å². The number of carbonyl (C=O) groups excluding carboxylic acids is 1. The summed E-state index contributed by atoms with van der Waals surface area (Å²) in [4.78, 5) is 26.1. The molecule has 1 aromatic carbocycles. The minimum Gasteiger partial charge on any atom is -0.315 e. The lowest BCUT2D eigenvalue weighted by atomic mass is 10.2. The summed E-state index contributed by atoms with van der Waals surface area (Å²) in [7, 11) is 0. The summed E-state index contributed by atoms with van der Waals surface area (Å²) in [6.45, 7) is 0. The summed E-state index contributed by atoms with van der Waals surface area (Å²) in [5.41, 5.74) is -0.239. The van der Waals surface area contributed by atoms with Crippen LogP contribution in [0.3, 0.4) is 0 Å². The van der Waals surface area contributed by atoms with E-state index in [1.165, 1.54) is 30.3 Å². The molecule has 0 bridgehead atoms. The van der Waals surface area contributed by atoms with Gasteiger partial charge in [-0.2, -0.15) is 5.26 Å². The van der Waals surface area contributed by atoms with Gasteiger partial charge in [-0.3, -0.25) is 14.9 Å². The van der Waals surface area contributed by atoms with Crippen LogP contribution in [0.1, 0.15) is 16.1 Å². The van der Waals surface area contributed by atoms with Crippen LogP contribution in [0.2, 0.25) is 5.15 Å². The zero-order chi connectivity index (χ0) is 15.4. The van der Waals surface area contributed by atoms with Gasteiger partial charge in [-0.1, -0.05) is 17.7 Å². The Labute approximate surface area is 123 Å². The molecule has 0 fully saturated rings. The summed E-state index contributed by atoms with van der Waals surface area (Å²) in [6, 6.07) is 10.0. The number of rotatable bonds is 3. The first-order valence-electron chi connectivity index (χ1n) is 5.63. The summed E-state index contributed by atoms with van der Waals surface area (Å²) < 4.78 is 0. The molecule has 0 atom stereocenters. The van der Waals surface area contributed by atoms with Crippen LogP contribution in [-0.4, -0.2) is 15.8 Å². The number of aromatic nitrogens is 1. The number of nitrogens with zero attached hydrogens (tertiary/aromatic N) is 3. The van der Waals surface area contributed by atoms with Crippen molar-refractivity contribution >= 4 is 28.9 Å². The van der Waals surface area contributed by atoms with Crippen molar-refractivity contribution in [1.29, 1.82) is 5.26 Å². The summed E-state index contributed by atoms with van der Waals surface area (Å²) in [6.07, 6.45) is 0. The number of anilines is 1. The van der Waals surface area contributed by atoms with E-state index in [0.29, 0.717) is 0 Å². The Hall–Kier alpha value is -2.98. The molecule has 1 heterocycles. The first-order chi connectivity index (χ1) is 10.0. The van der Waals surface area contributed by atoms with E-state index in [4.69, 9.17) is 16.9 Å². The van der Waals surface area contributed by atoms with Gasteiger partial charge in [0, 0.05) is 6.07 Å². The molecule has 0 spiro atoms. The van der Waals surface area contributed by atoms with Gasteiger partial charge in [0.2, 0.25) is 0 Å². The predicted molar refractivity (Wildman–Crippen MR) is 75.0 cm³/mol. The number of nitro groups is 1.